The van der Waals surface area contributed by atoms with E-state index in [1.807, 2.05) is 0 Å². The zero-order valence-corrected chi connectivity index (χ0v) is 14.5. The van der Waals surface area contributed by atoms with Crippen LogP contribution < -0.4 is 5.73 Å². The second-order valence-corrected chi connectivity index (χ2v) is 9.70. The van der Waals surface area contributed by atoms with Gasteiger partial charge < -0.3 is 10.5 Å². The molecule has 3 rings (SSSR count). The van der Waals surface area contributed by atoms with Crippen molar-refractivity contribution in [3.63, 3.8) is 0 Å². The summed E-state index contributed by atoms with van der Waals surface area (Å²) in [5.74, 6) is -0.543. The summed E-state index contributed by atoms with van der Waals surface area (Å²) in [5.41, 5.74) is 4.80. The molecule has 1 fully saturated rings. The summed E-state index contributed by atoms with van der Waals surface area (Å²) in [4.78, 5) is 4.43. The van der Waals surface area contributed by atoms with Crippen molar-refractivity contribution in [2.45, 2.75) is 29.4 Å². The zero-order chi connectivity index (χ0) is 16.3. The Morgan fingerprint density at radius 1 is 1.45 bits per heavy atom. The second-order valence-electron chi connectivity index (χ2n) is 6.10. The molecule has 2 atom stereocenters. The van der Waals surface area contributed by atoms with Crippen LogP contribution in [0, 0.1) is 5.82 Å². The van der Waals surface area contributed by atoms with Crippen LogP contribution in [0.25, 0.3) is 0 Å². The first kappa shape index (κ1) is 15.9. The molecular formula is C14H16BrFN2O3S. The largest absolute Gasteiger partial charge is 0.386 e. The maximum atomic E-state index is 14.4. The predicted octanol–water partition coefficient (Wildman–Crippen LogP) is 1.75. The quantitative estimate of drug-likeness (QED) is 0.791. The lowest BCUT2D eigenvalue weighted by molar-refractivity contribution is 0.178. The second kappa shape index (κ2) is 4.75. The number of fused-ring (bicyclic) bond motifs is 1. The highest BCUT2D eigenvalue weighted by Gasteiger charge is 2.61. The number of nitrogens with zero attached hydrogens (tertiary/aromatic N) is 1. The first-order chi connectivity index (χ1) is 10.1. The van der Waals surface area contributed by atoms with Gasteiger partial charge in [-0.15, -0.1) is 0 Å². The number of benzene rings is 1. The van der Waals surface area contributed by atoms with Gasteiger partial charge in [0.25, 0.3) is 0 Å². The third-order valence-electron chi connectivity index (χ3n) is 4.54. The van der Waals surface area contributed by atoms with Crippen molar-refractivity contribution in [2.24, 2.45) is 10.7 Å². The Morgan fingerprint density at radius 2 is 2.14 bits per heavy atom. The van der Waals surface area contributed by atoms with E-state index in [4.69, 9.17) is 10.5 Å². The van der Waals surface area contributed by atoms with Crippen LogP contribution in [0.5, 0.6) is 0 Å². The van der Waals surface area contributed by atoms with Crippen LogP contribution in [0.15, 0.2) is 27.7 Å². The van der Waals surface area contributed by atoms with Gasteiger partial charge in [0.2, 0.25) is 0 Å². The smallest absolute Gasteiger partial charge is 0.170 e. The molecule has 0 unspecified atom stereocenters. The molecule has 0 bridgehead atoms. The van der Waals surface area contributed by atoms with Crippen LogP contribution in [-0.2, 0) is 20.1 Å². The van der Waals surface area contributed by atoms with Gasteiger partial charge in [0, 0.05) is 10.0 Å². The molecule has 120 valence electrons. The monoisotopic (exact) mass is 390 g/mol. The van der Waals surface area contributed by atoms with Crippen molar-refractivity contribution in [1.82, 2.24) is 0 Å². The van der Waals surface area contributed by atoms with Crippen LogP contribution in [-0.4, -0.2) is 37.5 Å². The zero-order valence-electron chi connectivity index (χ0n) is 12.1. The Kier molecular flexibility index (Phi) is 3.43. The molecule has 0 aliphatic carbocycles. The summed E-state index contributed by atoms with van der Waals surface area (Å²) in [6, 6.07) is 4.37. The molecule has 0 radical (unpaired) electrons. The topological polar surface area (TPSA) is 81.8 Å². The molecule has 22 heavy (non-hydrogen) atoms. The molecule has 0 aromatic heterocycles. The Labute approximate surface area is 136 Å². The summed E-state index contributed by atoms with van der Waals surface area (Å²) in [5, 5.41) is -0.953. The molecule has 0 saturated carbocycles. The van der Waals surface area contributed by atoms with Crippen molar-refractivity contribution in [1.29, 1.82) is 0 Å². The summed E-state index contributed by atoms with van der Waals surface area (Å²) in [6.45, 7) is 3.00. The van der Waals surface area contributed by atoms with Gasteiger partial charge in [-0.3, -0.25) is 4.99 Å². The lowest BCUT2D eigenvalue weighted by atomic mass is 9.88. The summed E-state index contributed by atoms with van der Waals surface area (Å²) in [7, 11) is -3.69. The Balaban J connectivity index is 2.33. The third kappa shape index (κ3) is 1.90. The van der Waals surface area contributed by atoms with Gasteiger partial charge in [0.1, 0.15) is 27.2 Å². The van der Waals surface area contributed by atoms with Crippen LogP contribution in [0.3, 0.4) is 0 Å². The predicted molar refractivity (Wildman–Crippen MR) is 85.0 cm³/mol. The minimum Gasteiger partial charge on any atom is -0.386 e. The number of nitrogens with two attached hydrogens (primary N) is 1. The summed E-state index contributed by atoms with van der Waals surface area (Å²) >= 11 is 3.29. The van der Waals surface area contributed by atoms with Crippen LogP contribution in [0.1, 0.15) is 19.4 Å². The highest BCUT2D eigenvalue weighted by atomic mass is 79.9. The van der Waals surface area contributed by atoms with E-state index in [1.165, 1.54) is 19.9 Å². The molecular weight excluding hydrogens is 375 g/mol. The molecule has 2 aliphatic rings. The number of halogens is 2. The van der Waals surface area contributed by atoms with E-state index in [-0.39, 0.29) is 24.6 Å². The molecule has 1 saturated heterocycles. The van der Waals surface area contributed by atoms with Crippen molar-refractivity contribution in [3.8, 4) is 0 Å². The van der Waals surface area contributed by atoms with Crippen molar-refractivity contribution in [3.05, 3.63) is 34.1 Å². The lowest BCUT2D eigenvalue weighted by Crippen LogP contribution is -2.60. The number of sulfone groups is 1. The van der Waals surface area contributed by atoms with Crippen molar-refractivity contribution >= 4 is 31.6 Å². The fraction of sp³-hybridized carbons (Fsp3) is 0.500. The molecule has 0 spiro atoms. The van der Waals surface area contributed by atoms with E-state index >= 15 is 0 Å². The maximum absolute atomic E-state index is 14.4. The first-order valence-corrected chi connectivity index (χ1v) is 9.09. The normalized spacial score (nSPS) is 32.4. The fourth-order valence-electron chi connectivity index (χ4n) is 2.99. The van der Waals surface area contributed by atoms with Crippen LogP contribution in [0.4, 0.5) is 4.39 Å². The van der Waals surface area contributed by atoms with Crippen LogP contribution in [0.2, 0.25) is 0 Å². The highest BCUT2D eigenvalue weighted by molar-refractivity contribution is 9.10. The minimum absolute atomic E-state index is 0.0128. The number of hydrogen-bond acceptors (Lipinski definition) is 5. The van der Waals surface area contributed by atoms with E-state index in [2.05, 4.69) is 20.9 Å². The molecule has 2 aliphatic heterocycles. The van der Waals surface area contributed by atoms with E-state index < -0.39 is 31.2 Å². The number of ether oxygens (including phenoxy) is 1. The number of aliphatic imine (C=N–C) groups is 1. The molecule has 2 N–H and O–H groups in total. The van der Waals surface area contributed by atoms with Crippen molar-refractivity contribution in [2.75, 3.05) is 13.2 Å². The molecule has 1 aromatic rings. The van der Waals surface area contributed by atoms with Gasteiger partial charge in [0.05, 0.1) is 13.2 Å². The number of rotatable bonds is 1. The summed E-state index contributed by atoms with van der Waals surface area (Å²) < 4.78 is 45.0. The van der Waals surface area contributed by atoms with Gasteiger partial charge in [-0.05, 0) is 32.0 Å². The highest BCUT2D eigenvalue weighted by Crippen LogP contribution is 2.47. The van der Waals surface area contributed by atoms with Gasteiger partial charge >= 0.3 is 0 Å². The Hall–Kier alpha value is -0.990. The minimum atomic E-state index is -3.69. The Morgan fingerprint density at radius 3 is 2.82 bits per heavy atom. The third-order valence-corrected chi connectivity index (χ3v) is 7.94. The van der Waals surface area contributed by atoms with Gasteiger partial charge in [-0.2, -0.15) is 0 Å². The fourth-order valence-corrected chi connectivity index (χ4v) is 5.44. The SMILES string of the molecule is CC1(C)C(N)=N[C@@]2(c3cc(Br)ccc3F)COC[C@H]2S1(=O)=O. The molecule has 1 aromatic carbocycles. The molecule has 2 heterocycles. The number of hydrogen-bond donors (Lipinski definition) is 1. The average molecular weight is 391 g/mol. The van der Waals surface area contributed by atoms with Gasteiger partial charge in [-0.1, -0.05) is 15.9 Å². The van der Waals surface area contributed by atoms with Crippen LogP contribution >= 0.6 is 15.9 Å². The van der Waals surface area contributed by atoms with E-state index in [1.54, 1.807) is 12.1 Å². The van der Waals surface area contributed by atoms with E-state index in [9.17, 15) is 12.8 Å². The lowest BCUT2D eigenvalue weighted by Gasteiger charge is -2.41. The van der Waals surface area contributed by atoms with Crippen molar-refractivity contribution < 1.29 is 17.5 Å². The molecule has 0 amide bonds. The molecule has 8 heteroatoms. The van der Waals surface area contributed by atoms with E-state index in [0.29, 0.717) is 4.47 Å². The van der Waals surface area contributed by atoms with Gasteiger partial charge in [0.15, 0.2) is 9.84 Å². The Bertz CT molecular complexity index is 778. The standard InChI is InChI=1S/C14H16BrFN2O3S/c1-13(2)12(17)18-14(7-21-6-11(14)22(13,19)20)9-5-8(15)3-4-10(9)16/h3-5,11H,6-7H2,1-2H3,(H2,17,18)/t11-,14-/m1/s1. The van der Waals surface area contributed by atoms with E-state index in [0.717, 1.165) is 0 Å². The van der Waals surface area contributed by atoms with Gasteiger partial charge in [-0.25, -0.2) is 12.8 Å². The number of amidine groups is 1. The maximum Gasteiger partial charge on any atom is 0.170 e. The molecule has 5 nitrogen and oxygen atoms in total. The summed E-state index contributed by atoms with van der Waals surface area (Å²) in [6.07, 6.45) is 0. The first-order valence-electron chi connectivity index (χ1n) is 6.75. The average Bonchev–Trinajstić information content (AvgIpc) is 2.85.